The maximum atomic E-state index is 13.5. The van der Waals surface area contributed by atoms with E-state index >= 15 is 0 Å². The fourth-order valence-corrected chi connectivity index (χ4v) is 2.39. The second-order valence-electron chi connectivity index (χ2n) is 6.76. The molecule has 23 heavy (non-hydrogen) atoms. The monoisotopic (exact) mass is 436 g/mol. The zero-order valence-corrected chi connectivity index (χ0v) is 17.4. The maximum absolute atomic E-state index is 13.5. The van der Waals surface area contributed by atoms with Crippen LogP contribution in [0.2, 0.25) is 0 Å². The molecular formula is C17H30FIN4. The van der Waals surface area contributed by atoms with E-state index < -0.39 is 0 Å². The Bertz CT molecular complexity index is 515. The van der Waals surface area contributed by atoms with Gasteiger partial charge in [0.1, 0.15) is 5.82 Å². The summed E-state index contributed by atoms with van der Waals surface area (Å²) in [6, 6.07) is 5.28. The van der Waals surface area contributed by atoms with Crippen LogP contribution in [-0.4, -0.2) is 45.1 Å². The molecule has 1 aromatic rings. The molecular weight excluding hydrogens is 406 g/mol. The molecule has 0 spiro atoms. The summed E-state index contributed by atoms with van der Waals surface area (Å²) in [7, 11) is 5.88. The number of nitrogens with zero attached hydrogens (tertiary/aromatic N) is 2. The molecule has 0 aliphatic carbocycles. The molecule has 4 nitrogen and oxygen atoms in total. The van der Waals surface area contributed by atoms with Crippen molar-refractivity contribution in [2.24, 2.45) is 10.4 Å². The lowest BCUT2D eigenvalue weighted by Crippen LogP contribution is -2.44. The molecule has 0 heterocycles. The van der Waals surface area contributed by atoms with Crippen molar-refractivity contribution in [3.63, 3.8) is 0 Å². The van der Waals surface area contributed by atoms with Gasteiger partial charge in [-0.15, -0.1) is 24.0 Å². The molecule has 6 heteroatoms. The fraction of sp³-hybridized carbons (Fsp3) is 0.588. The Morgan fingerprint density at radius 3 is 2.43 bits per heavy atom. The summed E-state index contributed by atoms with van der Waals surface area (Å²) >= 11 is 0. The molecule has 0 aliphatic heterocycles. The van der Waals surface area contributed by atoms with Crippen LogP contribution in [-0.2, 0) is 6.54 Å². The van der Waals surface area contributed by atoms with Crippen LogP contribution in [0.1, 0.15) is 25.0 Å². The summed E-state index contributed by atoms with van der Waals surface area (Å²) in [5.41, 5.74) is 1.70. The lowest BCUT2D eigenvalue weighted by Gasteiger charge is -2.29. The Kier molecular flexibility index (Phi) is 9.68. The van der Waals surface area contributed by atoms with Gasteiger partial charge in [0.15, 0.2) is 5.96 Å². The van der Waals surface area contributed by atoms with Crippen LogP contribution < -0.4 is 10.6 Å². The average molecular weight is 436 g/mol. The molecule has 1 aromatic carbocycles. The van der Waals surface area contributed by atoms with Crippen molar-refractivity contribution in [3.05, 3.63) is 35.1 Å². The van der Waals surface area contributed by atoms with Crippen molar-refractivity contribution in [3.8, 4) is 0 Å². The largest absolute Gasteiger partial charge is 0.356 e. The standard InChI is InChI=1S/C17H29FN4.HI/c1-13-7-8-14(9-15(13)18)10-20-16(19-4)21-11-17(2,3)12-22(5)6;/h7-9H,10-12H2,1-6H3,(H2,19,20,21);1H. The first-order valence-electron chi connectivity index (χ1n) is 7.58. The second kappa shape index (κ2) is 10.1. The molecule has 1 rings (SSSR count). The lowest BCUT2D eigenvalue weighted by atomic mass is 9.93. The van der Waals surface area contributed by atoms with Gasteiger partial charge in [-0.05, 0) is 43.6 Å². The highest BCUT2D eigenvalue weighted by atomic mass is 127. The molecule has 132 valence electrons. The first-order chi connectivity index (χ1) is 10.2. The van der Waals surface area contributed by atoms with Gasteiger partial charge in [-0.2, -0.15) is 0 Å². The zero-order chi connectivity index (χ0) is 16.8. The molecule has 0 atom stereocenters. The van der Waals surface area contributed by atoms with Crippen LogP contribution in [0.4, 0.5) is 4.39 Å². The van der Waals surface area contributed by atoms with E-state index in [-0.39, 0.29) is 35.2 Å². The highest BCUT2D eigenvalue weighted by molar-refractivity contribution is 14.0. The van der Waals surface area contributed by atoms with Crippen LogP contribution in [0.25, 0.3) is 0 Å². The van der Waals surface area contributed by atoms with Crippen LogP contribution in [0.15, 0.2) is 23.2 Å². The van der Waals surface area contributed by atoms with E-state index in [0.717, 1.165) is 24.6 Å². The van der Waals surface area contributed by atoms with Gasteiger partial charge >= 0.3 is 0 Å². The van der Waals surface area contributed by atoms with Crippen molar-refractivity contribution < 1.29 is 4.39 Å². The topological polar surface area (TPSA) is 39.7 Å². The molecule has 0 radical (unpaired) electrons. The van der Waals surface area contributed by atoms with E-state index in [1.807, 2.05) is 6.07 Å². The van der Waals surface area contributed by atoms with Gasteiger partial charge in [-0.25, -0.2) is 4.39 Å². The van der Waals surface area contributed by atoms with Crippen LogP contribution in [0.5, 0.6) is 0 Å². The summed E-state index contributed by atoms with van der Waals surface area (Å²) in [6.07, 6.45) is 0. The predicted molar refractivity (Wildman–Crippen MR) is 107 cm³/mol. The number of rotatable bonds is 6. The van der Waals surface area contributed by atoms with Crippen molar-refractivity contribution in [1.82, 2.24) is 15.5 Å². The van der Waals surface area contributed by atoms with Gasteiger partial charge in [-0.3, -0.25) is 4.99 Å². The SMILES string of the molecule is CN=C(NCc1ccc(C)c(F)c1)NCC(C)(C)CN(C)C.I. The predicted octanol–water partition coefficient (Wildman–Crippen LogP) is 3.00. The summed E-state index contributed by atoms with van der Waals surface area (Å²) < 4.78 is 13.5. The quantitative estimate of drug-likeness (QED) is 0.409. The van der Waals surface area contributed by atoms with Gasteiger partial charge in [-0.1, -0.05) is 26.0 Å². The van der Waals surface area contributed by atoms with E-state index in [9.17, 15) is 4.39 Å². The minimum absolute atomic E-state index is 0. The van der Waals surface area contributed by atoms with Gasteiger partial charge in [0.2, 0.25) is 0 Å². The van der Waals surface area contributed by atoms with Gasteiger partial charge in [0.05, 0.1) is 0 Å². The third-order valence-corrected chi connectivity index (χ3v) is 3.40. The highest BCUT2D eigenvalue weighted by Crippen LogP contribution is 2.14. The fourth-order valence-electron chi connectivity index (χ4n) is 2.39. The Balaban J connectivity index is 0.00000484. The first-order valence-corrected chi connectivity index (χ1v) is 7.58. The third kappa shape index (κ3) is 8.50. The van der Waals surface area contributed by atoms with Crippen LogP contribution >= 0.6 is 24.0 Å². The summed E-state index contributed by atoms with van der Waals surface area (Å²) in [5.74, 6) is 0.558. The lowest BCUT2D eigenvalue weighted by molar-refractivity contribution is 0.241. The molecule has 0 amide bonds. The maximum Gasteiger partial charge on any atom is 0.191 e. The number of aliphatic imine (C=N–C) groups is 1. The number of guanidine groups is 1. The Morgan fingerprint density at radius 2 is 1.91 bits per heavy atom. The van der Waals surface area contributed by atoms with E-state index in [1.165, 1.54) is 0 Å². The Labute approximate surface area is 157 Å². The molecule has 0 fully saturated rings. The van der Waals surface area contributed by atoms with Gasteiger partial charge in [0.25, 0.3) is 0 Å². The summed E-state index contributed by atoms with van der Waals surface area (Å²) in [5, 5.41) is 6.55. The number of hydrogen-bond donors (Lipinski definition) is 2. The molecule has 0 unspecified atom stereocenters. The van der Waals surface area contributed by atoms with E-state index in [1.54, 1.807) is 26.1 Å². The third-order valence-electron chi connectivity index (χ3n) is 3.40. The normalized spacial score (nSPS) is 12.1. The minimum atomic E-state index is -0.172. The second-order valence-corrected chi connectivity index (χ2v) is 6.76. The minimum Gasteiger partial charge on any atom is -0.356 e. The summed E-state index contributed by atoms with van der Waals surface area (Å²) in [6.45, 7) is 8.53. The van der Waals surface area contributed by atoms with Crippen molar-refractivity contribution >= 4 is 29.9 Å². The Morgan fingerprint density at radius 1 is 1.26 bits per heavy atom. The molecule has 0 aliphatic rings. The van der Waals surface area contributed by atoms with Crippen LogP contribution in [0, 0.1) is 18.2 Å². The van der Waals surface area contributed by atoms with E-state index in [2.05, 4.69) is 48.5 Å². The molecule has 0 saturated heterocycles. The smallest absolute Gasteiger partial charge is 0.191 e. The number of hydrogen-bond acceptors (Lipinski definition) is 2. The summed E-state index contributed by atoms with van der Waals surface area (Å²) in [4.78, 5) is 6.39. The van der Waals surface area contributed by atoms with Crippen molar-refractivity contribution in [1.29, 1.82) is 0 Å². The van der Waals surface area contributed by atoms with Gasteiger partial charge in [0, 0.05) is 26.7 Å². The number of aryl methyl sites for hydroxylation is 1. The van der Waals surface area contributed by atoms with Crippen molar-refractivity contribution in [2.45, 2.75) is 27.3 Å². The van der Waals surface area contributed by atoms with Crippen LogP contribution in [0.3, 0.4) is 0 Å². The first kappa shape index (κ1) is 22.1. The zero-order valence-electron chi connectivity index (χ0n) is 15.0. The molecule has 0 saturated carbocycles. The van der Waals surface area contributed by atoms with Crippen molar-refractivity contribution in [2.75, 3.05) is 34.2 Å². The molecule has 0 aromatic heterocycles. The number of benzene rings is 1. The van der Waals surface area contributed by atoms with E-state index in [0.29, 0.717) is 12.1 Å². The number of halogens is 2. The highest BCUT2D eigenvalue weighted by Gasteiger charge is 2.19. The van der Waals surface area contributed by atoms with E-state index in [4.69, 9.17) is 0 Å². The van der Waals surface area contributed by atoms with Gasteiger partial charge < -0.3 is 15.5 Å². The molecule has 2 N–H and O–H groups in total. The average Bonchev–Trinajstić information content (AvgIpc) is 2.41. The molecule has 0 bridgehead atoms. The Hall–Kier alpha value is -0.890. The number of nitrogens with one attached hydrogen (secondary N) is 2.